The molecule has 0 saturated carbocycles. The summed E-state index contributed by atoms with van der Waals surface area (Å²) in [5.74, 6) is -0.362. The zero-order chi connectivity index (χ0) is 14.4. The van der Waals surface area contributed by atoms with E-state index in [0.717, 1.165) is 51.6 Å². The Balaban J connectivity index is 1.92. The van der Waals surface area contributed by atoms with Crippen LogP contribution in [-0.4, -0.2) is 56.7 Å². The van der Waals surface area contributed by atoms with Gasteiger partial charge in [-0.05, 0) is 19.1 Å². The second-order valence-electron chi connectivity index (χ2n) is 4.91. The van der Waals surface area contributed by atoms with E-state index in [2.05, 4.69) is 9.80 Å². The molecular formula is C15H23N3O2. The number of amides is 1. The van der Waals surface area contributed by atoms with Gasteiger partial charge in [0.05, 0.1) is 12.2 Å². The summed E-state index contributed by atoms with van der Waals surface area (Å²) in [7, 11) is 0. The molecule has 5 nitrogen and oxygen atoms in total. The van der Waals surface area contributed by atoms with Crippen LogP contribution in [0.2, 0.25) is 0 Å². The molecule has 0 unspecified atom stereocenters. The van der Waals surface area contributed by atoms with Crippen molar-refractivity contribution < 1.29 is 9.53 Å². The van der Waals surface area contributed by atoms with Gasteiger partial charge in [-0.3, -0.25) is 9.69 Å². The smallest absolute Gasteiger partial charge is 0.250 e. The fourth-order valence-electron chi connectivity index (χ4n) is 2.51. The number of carbonyl (C=O) groups excluding carboxylic acids is 1. The van der Waals surface area contributed by atoms with Crippen LogP contribution in [0.5, 0.6) is 0 Å². The van der Waals surface area contributed by atoms with E-state index in [1.54, 1.807) is 6.07 Å². The van der Waals surface area contributed by atoms with E-state index in [1.165, 1.54) is 0 Å². The molecule has 5 heteroatoms. The first-order valence-corrected chi connectivity index (χ1v) is 7.16. The second-order valence-corrected chi connectivity index (χ2v) is 4.91. The van der Waals surface area contributed by atoms with Crippen LogP contribution in [0.25, 0.3) is 0 Å². The lowest BCUT2D eigenvalue weighted by atomic mass is 10.1. The highest BCUT2D eigenvalue weighted by atomic mass is 16.5. The summed E-state index contributed by atoms with van der Waals surface area (Å²) in [6, 6.07) is 7.56. The lowest BCUT2D eigenvalue weighted by Gasteiger charge is -2.36. The molecule has 1 aliphatic heterocycles. The largest absolute Gasteiger partial charge is 0.380 e. The zero-order valence-corrected chi connectivity index (χ0v) is 12.0. The maximum absolute atomic E-state index is 11.5. The Bertz CT molecular complexity index is 442. The lowest BCUT2D eigenvalue weighted by Crippen LogP contribution is -2.47. The van der Waals surface area contributed by atoms with Crippen LogP contribution in [0.1, 0.15) is 17.3 Å². The van der Waals surface area contributed by atoms with Gasteiger partial charge in [0.2, 0.25) is 0 Å². The molecule has 110 valence electrons. The predicted molar refractivity (Wildman–Crippen MR) is 80.1 cm³/mol. The second kappa shape index (κ2) is 7.26. The summed E-state index contributed by atoms with van der Waals surface area (Å²) in [4.78, 5) is 16.1. The minimum absolute atomic E-state index is 0.362. The molecule has 0 atom stereocenters. The summed E-state index contributed by atoms with van der Waals surface area (Å²) in [6.45, 7) is 8.34. The third-order valence-electron chi connectivity index (χ3n) is 3.64. The minimum atomic E-state index is -0.362. The van der Waals surface area contributed by atoms with Crippen molar-refractivity contribution in [3.63, 3.8) is 0 Å². The number of ether oxygens (including phenoxy) is 1. The molecule has 1 aromatic carbocycles. The number of nitrogens with two attached hydrogens (primary N) is 1. The predicted octanol–water partition coefficient (Wildman–Crippen LogP) is 0.944. The molecule has 0 aliphatic carbocycles. The van der Waals surface area contributed by atoms with E-state index < -0.39 is 0 Å². The van der Waals surface area contributed by atoms with Gasteiger partial charge in [0.15, 0.2) is 0 Å². The number of benzene rings is 1. The number of carbonyl (C=O) groups is 1. The molecule has 0 spiro atoms. The standard InChI is InChI=1S/C15H23N3O2/c1-2-20-12-11-17-7-9-18(10-8-17)14-6-4-3-5-13(14)15(16)19/h3-6H,2,7-12H2,1H3,(H2,16,19). The van der Waals surface area contributed by atoms with Gasteiger partial charge in [0.1, 0.15) is 0 Å². The van der Waals surface area contributed by atoms with Crippen molar-refractivity contribution in [3.05, 3.63) is 29.8 Å². The van der Waals surface area contributed by atoms with Crippen LogP contribution < -0.4 is 10.6 Å². The van der Waals surface area contributed by atoms with Gasteiger partial charge in [-0.15, -0.1) is 0 Å². The number of hydrogen-bond donors (Lipinski definition) is 1. The number of anilines is 1. The highest BCUT2D eigenvalue weighted by Gasteiger charge is 2.20. The minimum Gasteiger partial charge on any atom is -0.380 e. The molecule has 20 heavy (non-hydrogen) atoms. The van der Waals surface area contributed by atoms with Crippen LogP contribution in [0.15, 0.2) is 24.3 Å². The molecule has 0 bridgehead atoms. The van der Waals surface area contributed by atoms with Gasteiger partial charge in [-0.1, -0.05) is 12.1 Å². The molecule has 0 radical (unpaired) electrons. The lowest BCUT2D eigenvalue weighted by molar-refractivity contribution is 0.1000. The average molecular weight is 277 g/mol. The van der Waals surface area contributed by atoms with Crippen molar-refractivity contribution in [2.45, 2.75) is 6.92 Å². The van der Waals surface area contributed by atoms with E-state index in [1.807, 2.05) is 25.1 Å². The monoisotopic (exact) mass is 277 g/mol. The molecule has 1 amide bonds. The number of nitrogens with zero attached hydrogens (tertiary/aromatic N) is 2. The summed E-state index contributed by atoms with van der Waals surface area (Å²) >= 11 is 0. The van der Waals surface area contributed by atoms with Crippen LogP contribution in [0.3, 0.4) is 0 Å². The molecular weight excluding hydrogens is 254 g/mol. The van der Waals surface area contributed by atoms with Gasteiger partial charge in [0, 0.05) is 45.0 Å². The Kier molecular flexibility index (Phi) is 5.38. The molecule has 1 heterocycles. The highest BCUT2D eigenvalue weighted by Crippen LogP contribution is 2.21. The summed E-state index contributed by atoms with van der Waals surface area (Å²) < 4.78 is 5.38. The zero-order valence-electron chi connectivity index (χ0n) is 12.0. The topological polar surface area (TPSA) is 58.8 Å². The third kappa shape index (κ3) is 3.71. The van der Waals surface area contributed by atoms with E-state index in [4.69, 9.17) is 10.5 Å². The van der Waals surface area contributed by atoms with Crippen molar-refractivity contribution in [1.29, 1.82) is 0 Å². The number of piperazine rings is 1. The molecule has 2 rings (SSSR count). The third-order valence-corrected chi connectivity index (χ3v) is 3.64. The molecule has 2 N–H and O–H groups in total. The van der Waals surface area contributed by atoms with Crippen LogP contribution in [0.4, 0.5) is 5.69 Å². The summed E-state index contributed by atoms with van der Waals surface area (Å²) in [5, 5.41) is 0. The van der Waals surface area contributed by atoms with E-state index in [-0.39, 0.29) is 5.91 Å². The maximum atomic E-state index is 11.5. The van der Waals surface area contributed by atoms with Crippen molar-refractivity contribution in [1.82, 2.24) is 4.90 Å². The average Bonchev–Trinajstić information content (AvgIpc) is 2.48. The van der Waals surface area contributed by atoms with Crippen molar-refractivity contribution in [3.8, 4) is 0 Å². The Labute approximate surface area is 120 Å². The van der Waals surface area contributed by atoms with Crippen molar-refractivity contribution in [2.24, 2.45) is 5.73 Å². The first kappa shape index (κ1) is 14.8. The van der Waals surface area contributed by atoms with Crippen molar-refractivity contribution in [2.75, 3.05) is 50.8 Å². The van der Waals surface area contributed by atoms with Gasteiger partial charge in [0.25, 0.3) is 5.91 Å². The summed E-state index contributed by atoms with van der Waals surface area (Å²) in [5.41, 5.74) is 6.99. The normalized spacial score (nSPS) is 16.4. The SMILES string of the molecule is CCOCCN1CCN(c2ccccc2C(N)=O)CC1. The number of hydrogen-bond acceptors (Lipinski definition) is 4. The molecule has 1 saturated heterocycles. The Hall–Kier alpha value is -1.59. The summed E-state index contributed by atoms with van der Waals surface area (Å²) in [6.07, 6.45) is 0. The van der Waals surface area contributed by atoms with Gasteiger partial charge in [-0.2, -0.15) is 0 Å². The van der Waals surface area contributed by atoms with Crippen LogP contribution >= 0.6 is 0 Å². The van der Waals surface area contributed by atoms with Crippen LogP contribution in [0, 0.1) is 0 Å². The van der Waals surface area contributed by atoms with Gasteiger partial charge in [-0.25, -0.2) is 0 Å². The first-order valence-electron chi connectivity index (χ1n) is 7.16. The van der Waals surface area contributed by atoms with Gasteiger partial charge >= 0.3 is 0 Å². The number of para-hydroxylation sites is 1. The van der Waals surface area contributed by atoms with E-state index >= 15 is 0 Å². The maximum Gasteiger partial charge on any atom is 0.250 e. The Morgan fingerprint density at radius 2 is 1.95 bits per heavy atom. The molecule has 1 aliphatic rings. The Morgan fingerprint density at radius 1 is 1.25 bits per heavy atom. The number of primary amides is 1. The molecule has 1 aromatic rings. The first-order chi connectivity index (χ1) is 9.72. The van der Waals surface area contributed by atoms with Crippen LogP contribution in [-0.2, 0) is 4.74 Å². The van der Waals surface area contributed by atoms with Gasteiger partial charge < -0.3 is 15.4 Å². The van der Waals surface area contributed by atoms with E-state index in [9.17, 15) is 4.79 Å². The molecule has 1 fully saturated rings. The Morgan fingerprint density at radius 3 is 2.60 bits per heavy atom. The highest BCUT2D eigenvalue weighted by molar-refractivity contribution is 5.98. The quantitative estimate of drug-likeness (QED) is 0.786. The fraction of sp³-hybridized carbons (Fsp3) is 0.533. The molecule has 0 aromatic heterocycles. The number of rotatable bonds is 6. The fourth-order valence-corrected chi connectivity index (χ4v) is 2.51. The van der Waals surface area contributed by atoms with Crippen molar-refractivity contribution >= 4 is 11.6 Å². The van der Waals surface area contributed by atoms with E-state index in [0.29, 0.717) is 5.56 Å².